The van der Waals surface area contributed by atoms with Gasteiger partial charge in [-0.2, -0.15) is 0 Å². The molecule has 1 aliphatic heterocycles. The molecular weight excluding hydrogens is 418 g/mol. The van der Waals surface area contributed by atoms with Crippen molar-refractivity contribution in [2.45, 2.75) is 31.2 Å². The lowest BCUT2D eigenvalue weighted by Gasteiger charge is -2.32. The van der Waals surface area contributed by atoms with Crippen molar-refractivity contribution < 1.29 is 9.59 Å². The number of halogens is 1. The summed E-state index contributed by atoms with van der Waals surface area (Å²) in [4.78, 5) is 28.2. The molecule has 0 unspecified atom stereocenters. The minimum Gasteiger partial charge on any atom is -0.348 e. The van der Waals surface area contributed by atoms with Crippen LogP contribution < -0.4 is 10.6 Å². The number of hydrogen-bond acceptors (Lipinski definition) is 4. The lowest BCUT2D eigenvalue weighted by atomic mass is 9.96. The van der Waals surface area contributed by atoms with E-state index in [4.69, 9.17) is 11.6 Å². The molecule has 0 atom stereocenters. The van der Waals surface area contributed by atoms with Crippen molar-refractivity contribution in [3.05, 3.63) is 58.6 Å². The number of thioether (sulfide) groups is 1. The molecule has 1 fully saturated rings. The Morgan fingerprint density at radius 1 is 1.13 bits per heavy atom. The summed E-state index contributed by atoms with van der Waals surface area (Å²) >= 11 is 7.75. The van der Waals surface area contributed by atoms with Crippen LogP contribution in [-0.4, -0.2) is 42.6 Å². The van der Waals surface area contributed by atoms with Crippen LogP contribution in [0.2, 0.25) is 5.02 Å². The number of anilines is 1. The third-order valence-electron chi connectivity index (χ3n) is 5.50. The van der Waals surface area contributed by atoms with Crippen LogP contribution >= 0.6 is 23.4 Å². The Morgan fingerprint density at radius 2 is 1.87 bits per heavy atom. The zero-order valence-electron chi connectivity index (χ0n) is 17.4. The van der Waals surface area contributed by atoms with Gasteiger partial charge in [0.25, 0.3) is 0 Å². The second-order valence-electron chi connectivity index (χ2n) is 7.65. The first-order valence-electron chi connectivity index (χ1n) is 10.2. The van der Waals surface area contributed by atoms with Crippen molar-refractivity contribution in [2.24, 2.45) is 5.92 Å². The Kier molecular flexibility index (Phi) is 8.19. The Hall–Kier alpha value is -2.02. The summed E-state index contributed by atoms with van der Waals surface area (Å²) in [6, 6.07) is 13.7. The van der Waals surface area contributed by atoms with Gasteiger partial charge in [0.2, 0.25) is 0 Å². The van der Waals surface area contributed by atoms with E-state index in [1.165, 1.54) is 10.5 Å². The molecule has 7 heteroatoms. The lowest BCUT2D eigenvalue weighted by molar-refractivity contribution is -0.136. The summed E-state index contributed by atoms with van der Waals surface area (Å²) < 4.78 is 0. The Morgan fingerprint density at radius 3 is 2.60 bits per heavy atom. The van der Waals surface area contributed by atoms with Crippen molar-refractivity contribution >= 4 is 40.9 Å². The molecule has 0 aromatic heterocycles. The monoisotopic (exact) mass is 445 g/mol. The van der Waals surface area contributed by atoms with Gasteiger partial charge in [-0.25, -0.2) is 0 Å². The average molecular weight is 446 g/mol. The largest absolute Gasteiger partial charge is 0.348 e. The number of rotatable bonds is 6. The fraction of sp³-hybridized carbons (Fsp3) is 0.391. The highest BCUT2D eigenvalue weighted by atomic mass is 35.5. The van der Waals surface area contributed by atoms with E-state index in [9.17, 15) is 9.59 Å². The molecule has 2 amide bonds. The number of carbonyl (C=O) groups is 2. The van der Waals surface area contributed by atoms with Crippen LogP contribution in [0.4, 0.5) is 5.69 Å². The van der Waals surface area contributed by atoms with Crippen LogP contribution in [0, 0.1) is 12.8 Å². The molecule has 0 bridgehead atoms. The topological polar surface area (TPSA) is 61.4 Å². The van der Waals surface area contributed by atoms with Gasteiger partial charge in [0, 0.05) is 28.7 Å². The molecule has 160 valence electrons. The van der Waals surface area contributed by atoms with E-state index >= 15 is 0 Å². The van der Waals surface area contributed by atoms with Gasteiger partial charge in [-0.1, -0.05) is 35.9 Å². The van der Waals surface area contributed by atoms with Gasteiger partial charge in [0.05, 0.1) is 0 Å². The number of amides is 2. The second kappa shape index (κ2) is 10.8. The van der Waals surface area contributed by atoms with Crippen molar-refractivity contribution in [1.82, 2.24) is 10.2 Å². The fourth-order valence-electron chi connectivity index (χ4n) is 3.65. The Labute approximate surface area is 187 Å². The summed E-state index contributed by atoms with van der Waals surface area (Å²) in [5, 5.41) is 5.94. The molecule has 5 nitrogen and oxygen atoms in total. The van der Waals surface area contributed by atoms with E-state index < -0.39 is 11.8 Å². The van der Waals surface area contributed by atoms with E-state index in [1.807, 2.05) is 6.92 Å². The highest BCUT2D eigenvalue weighted by Gasteiger charge is 2.22. The number of carbonyl (C=O) groups excluding carboxylic acids is 2. The van der Waals surface area contributed by atoms with Gasteiger partial charge < -0.3 is 10.6 Å². The van der Waals surface area contributed by atoms with Gasteiger partial charge in [0.1, 0.15) is 0 Å². The standard InChI is InChI=1S/C23H28ClN3O2S/c1-16-7-8-19(24)13-20(16)26-23(29)22(28)25-14-17-9-11-27(12-10-17)15-18-5-3-4-6-21(18)30-2/h3-8,13,17H,9-12,14-15H2,1-2H3,(H,25,28)(H,26,29). The Balaban J connectivity index is 1.42. The number of likely N-dealkylation sites (tertiary alicyclic amines) is 1. The van der Waals surface area contributed by atoms with Crippen LogP contribution in [0.25, 0.3) is 0 Å². The average Bonchev–Trinajstić information content (AvgIpc) is 2.76. The first kappa shape index (κ1) is 22.7. The first-order chi connectivity index (χ1) is 14.5. The van der Waals surface area contributed by atoms with Crippen molar-refractivity contribution in [1.29, 1.82) is 0 Å². The summed E-state index contributed by atoms with van der Waals surface area (Å²) in [7, 11) is 0. The normalized spacial score (nSPS) is 15.0. The molecule has 0 radical (unpaired) electrons. The molecule has 2 aromatic carbocycles. The van der Waals surface area contributed by atoms with Crippen LogP contribution in [0.1, 0.15) is 24.0 Å². The van der Waals surface area contributed by atoms with Crippen LogP contribution in [0.5, 0.6) is 0 Å². The van der Waals surface area contributed by atoms with Crippen molar-refractivity contribution in [2.75, 3.05) is 31.2 Å². The molecule has 1 saturated heterocycles. The molecule has 1 aliphatic rings. The molecule has 2 aromatic rings. The summed E-state index contributed by atoms with van der Waals surface area (Å²) in [6.45, 7) is 5.33. The zero-order valence-corrected chi connectivity index (χ0v) is 19.0. The van der Waals surface area contributed by atoms with Crippen molar-refractivity contribution in [3.63, 3.8) is 0 Å². The van der Waals surface area contributed by atoms with E-state index in [0.717, 1.165) is 38.0 Å². The SMILES string of the molecule is CSc1ccccc1CN1CCC(CNC(=O)C(=O)Nc2cc(Cl)ccc2C)CC1. The highest BCUT2D eigenvalue weighted by molar-refractivity contribution is 7.98. The molecule has 2 N–H and O–H groups in total. The van der Waals surface area contributed by atoms with Crippen molar-refractivity contribution in [3.8, 4) is 0 Å². The number of benzene rings is 2. The molecule has 30 heavy (non-hydrogen) atoms. The quantitative estimate of drug-likeness (QED) is 0.513. The van der Waals surface area contributed by atoms with E-state index in [2.05, 4.69) is 46.1 Å². The summed E-state index contributed by atoms with van der Waals surface area (Å²) in [5.41, 5.74) is 2.78. The summed E-state index contributed by atoms with van der Waals surface area (Å²) in [5.74, 6) is -0.876. The number of hydrogen-bond donors (Lipinski definition) is 2. The fourth-order valence-corrected chi connectivity index (χ4v) is 4.43. The number of aryl methyl sites for hydroxylation is 1. The van der Waals surface area contributed by atoms with Gasteiger partial charge in [-0.3, -0.25) is 14.5 Å². The third-order valence-corrected chi connectivity index (χ3v) is 6.57. The Bertz CT molecular complexity index is 898. The molecule has 1 heterocycles. The molecule has 3 rings (SSSR count). The first-order valence-corrected chi connectivity index (χ1v) is 11.8. The number of nitrogens with one attached hydrogen (secondary N) is 2. The molecule has 0 spiro atoms. The lowest BCUT2D eigenvalue weighted by Crippen LogP contribution is -2.41. The van der Waals surface area contributed by atoms with Gasteiger partial charge in [-0.05, 0) is 74.4 Å². The van der Waals surface area contributed by atoms with Gasteiger partial charge >= 0.3 is 11.8 Å². The van der Waals surface area contributed by atoms with Gasteiger partial charge in [0.15, 0.2) is 0 Å². The number of nitrogens with zero attached hydrogens (tertiary/aromatic N) is 1. The summed E-state index contributed by atoms with van der Waals surface area (Å²) in [6.07, 6.45) is 4.13. The van der Waals surface area contributed by atoms with E-state index in [0.29, 0.717) is 23.2 Å². The van der Waals surface area contributed by atoms with E-state index in [-0.39, 0.29) is 0 Å². The van der Waals surface area contributed by atoms with Crippen LogP contribution in [0.3, 0.4) is 0 Å². The molecule has 0 saturated carbocycles. The highest BCUT2D eigenvalue weighted by Crippen LogP contribution is 2.24. The van der Waals surface area contributed by atoms with Crippen LogP contribution in [-0.2, 0) is 16.1 Å². The third kappa shape index (κ3) is 6.24. The minimum atomic E-state index is -0.661. The predicted octanol–water partition coefficient (Wildman–Crippen LogP) is 4.34. The minimum absolute atomic E-state index is 0.390. The number of piperidine rings is 1. The maximum atomic E-state index is 12.2. The van der Waals surface area contributed by atoms with Gasteiger partial charge in [-0.15, -0.1) is 11.8 Å². The zero-order chi connectivity index (χ0) is 21.5. The second-order valence-corrected chi connectivity index (χ2v) is 8.94. The molecular formula is C23H28ClN3O2S. The smallest absolute Gasteiger partial charge is 0.313 e. The van der Waals surface area contributed by atoms with E-state index in [1.54, 1.807) is 30.0 Å². The van der Waals surface area contributed by atoms with Crippen LogP contribution in [0.15, 0.2) is 47.4 Å². The molecule has 0 aliphatic carbocycles. The maximum Gasteiger partial charge on any atom is 0.313 e. The predicted molar refractivity (Wildman–Crippen MR) is 124 cm³/mol. The maximum absolute atomic E-state index is 12.2.